The number of rotatable bonds is 12. The van der Waals surface area contributed by atoms with E-state index in [0.29, 0.717) is 30.0 Å². The monoisotopic (exact) mass is 558 g/mol. The van der Waals surface area contributed by atoms with Crippen LogP contribution in [0.5, 0.6) is 0 Å². The second kappa shape index (κ2) is 14.3. The molecule has 208 valence electrons. The molecular formula is C31H34N4O4S. The average Bonchev–Trinajstić information content (AvgIpc) is 3.22. The van der Waals surface area contributed by atoms with Gasteiger partial charge in [0, 0.05) is 28.4 Å². The summed E-state index contributed by atoms with van der Waals surface area (Å²) in [6.07, 6.45) is 3.79. The van der Waals surface area contributed by atoms with E-state index in [-0.39, 0.29) is 17.6 Å². The van der Waals surface area contributed by atoms with Crippen molar-refractivity contribution in [1.29, 1.82) is 0 Å². The number of fused-ring (bicyclic) bond motifs is 1. The van der Waals surface area contributed by atoms with Crippen LogP contribution in [0.25, 0.3) is 0 Å². The number of benzene rings is 3. The maximum Gasteiger partial charge on any atom is 0.339 e. The van der Waals surface area contributed by atoms with E-state index in [0.717, 1.165) is 47.6 Å². The lowest BCUT2D eigenvalue weighted by atomic mass is 10.1. The Morgan fingerprint density at radius 3 is 2.48 bits per heavy atom. The molecule has 0 spiro atoms. The predicted molar refractivity (Wildman–Crippen MR) is 160 cm³/mol. The molecule has 0 saturated heterocycles. The van der Waals surface area contributed by atoms with Crippen molar-refractivity contribution >= 4 is 46.8 Å². The van der Waals surface area contributed by atoms with Gasteiger partial charge < -0.3 is 15.0 Å². The molecule has 0 unspecified atom stereocenters. The molecule has 2 N–H and O–H groups in total. The Kier molecular flexibility index (Phi) is 10.3. The Bertz CT molecular complexity index is 1360. The highest BCUT2D eigenvalue weighted by Gasteiger charge is 2.34. The summed E-state index contributed by atoms with van der Waals surface area (Å²) in [4.78, 5) is 40.4. The zero-order chi connectivity index (χ0) is 28.3. The predicted octanol–water partition coefficient (Wildman–Crippen LogP) is 6.26. The van der Waals surface area contributed by atoms with E-state index in [1.165, 1.54) is 0 Å². The summed E-state index contributed by atoms with van der Waals surface area (Å²) in [5, 5.41) is 6.96. The minimum absolute atomic E-state index is 0.213. The number of nitrogens with zero attached hydrogens (tertiary/aromatic N) is 2. The highest BCUT2D eigenvalue weighted by molar-refractivity contribution is 7.99. The molecule has 4 rings (SSSR count). The molecule has 1 aliphatic heterocycles. The van der Waals surface area contributed by atoms with Crippen LogP contribution >= 0.6 is 11.8 Å². The van der Waals surface area contributed by atoms with E-state index in [2.05, 4.69) is 22.8 Å². The van der Waals surface area contributed by atoms with Crippen molar-refractivity contribution in [1.82, 2.24) is 5.43 Å². The van der Waals surface area contributed by atoms with Crippen LogP contribution in [0.4, 0.5) is 16.2 Å². The number of ether oxygens (including phenoxy) is 1. The SMILES string of the molecule is CCCCCN1C(=O)/C(=N\NC(=O)Nc2ccccc2)c2cc(SCCc3ccc(C(=O)OCC)cc3)ccc21. The van der Waals surface area contributed by atoms with E-state index < -0.39 is 6.03 Å². The van der Waals surface area contributed by atoms with Crippen LogP contribution in [0.1, 0.15) is 54.6 Å². The third kappa shape index (κ3) is 7.51. The normalized spacial score (nSPS) is 13.3. The van der Waals surface area contributed by atoms with Crippen LogP contribution in [0.3, 0.4) is 0 Å². The number of hydrogen-bond donors (Lipinski definition) is 2. The maximum absolute atomic E-state index is 13.3. The number of anilines is 2. The van der Waals surface area contributed by atoms with Crippen LogP contribution in [0, 0.1) is 0 Å². The summed E-state index contributed by atoms with van der Waals surface area (Å²) >= 11 is 1.68. The summed E-state index contributed by atoms with van der Waals surface area (Å²) in [5.74, 6) is 0.287. The first-order valence-electron chi connectivity index (χ1n) is 13.5. The van der Waals surface area contributed by atoms with Crippen LogP contribution in [-0.2, 0) is 16.0 Å². The molecule has 1 aliphatic rings. The number of urea groups is 1. The van der Waals surface area contributed by atoms with Gasteiger partial charge in [0.1, 0.15) is 0 Å². The van der Waals surface area contributed by atoms with Crippen LogP contribution < -0.4 is 15.6 Å². The van der Waals surface area contributed by atoms with E-state index in [1.807, 2.05) is 48.5 Å². The topological polar surface area (TPSA) is 100 Å². The lowest BCUT2D eigenvalue weighted by Crippen LogP contribution is -2.33. The average molecular weight is 559 g/mol. The number of hydrogen-bond acceptors (Lipinski definition) is 6. The van der Waals surface area contributed by atoms with Gasteiger partial charge in [0.05, 0.1) is 17.9 Å². The van der Waals surface area contributed by atoms with Crippen molar-refractivity contribution in [2.75, 3.05) is 29.1 Å². The molecule has 0 saturated carbocycles. The zero-order valence-corrected chi connectivity index (χ0v) is 23.6. The van der Waals surface area contributed by atoms with Gasteiger partial charge in [0.15, 0.2) is 5.71 Å². The van der Waals surface area contributed by atoms with Crippen molar-refractivity contribution in [3.8, 4) is 0 Å². The van der Waals surface area contributed by atoms with Crippen molar-refractivity contribution in [2.24, 2.45) is 5.10 Å². The Balaban J connectivity index is 1.44. The summed E-state index contributed by atoms with van der Waals surface area (Å²) in [7, 11) is 0. The number of amides is 3. The molecule has 40 heavy (non-hydrogen) atoms. The van der Waals surface area contributed by atoms with E-state index in [1.54, 1.807) is 47.9 Å². The molecule has 0 aromatic heterocycles. The minimum Gasteiger partial charge on any atom is -0.462 e. The molecular weight excluding hydrogens is 524 g/mol. The summed E-state index contributed by atoms with van der Waals surface area (Å²) in [6.45, 7) is 4.86. The number of carbonyl (C=O) groups is 3. The van der Waals surface area contributed by atoms with Gasteiger partial charge in [-0.25, -0.2) is 15.0 Å². The highest BCUT2D eigenvalue weighted by Crippen LogP contribution is 2.33. The smallest absolute Gasteiger partial charge is 0.339 e. The Morgan fingerprint density at radius 2 is 1.75 bits per heavy atom. The third-order valence-electron chi connectivity index (χ3n) is 6.37. The molecule has 3 aromatic carbocycles. The quantitative estimate of drug-likeness (QED) is 0.118. The van der Waals surface area contributed by atoms with E-state index in [4.69, 9.17) is 4.74 Å². The molecule has 0 aliphatic carbocycles. The Hall–Kier alpha value is -4.11. The van der Waals surface area contributed by atoms with Crippen molar-refractivity contribution in [2.45, 2.75) is 44.4 Å². The van der Waals surface area contributed by atoms with Gasteiger partial charge in [-0.05, 0) is 67.8 Å². The Morgan fingerprint density at radius 1 is 0.975 bits per heavy atom. The molecule has 3 amide bonds. The molecule has 9 heteroatoms. The van der Waals surface area contributed by atoms with Crippen LogP contribution in [0.2, 0.25) is 0 Å². The second-order valence-electron chi connectivity index (χ2n) is 9.25. The lowest BCUT2D eigenvalue weighted by molar-refractivity contribution is -0.112. The fourth-order valence-corrected chi connectivity index (χ4v) is 5.27. The van der Waals surface area contributed by atoms with Gasteiger partial charge in [-0.15, -0.1) is 11.8 Å². The first-order valence-corrected chi connectivity index (χ1v) is 14.5. The minimum atomic E-state index is -0.517. The molecule has 0 bridgehead atoms. The summed E-state index contributed by atoms with van der Waals surface area (Å²) in [6, 6.07) is 22.0. The standard InChI is InChI=1S/C31H34N4O4S/c1-3-5-9-19-35-27-17-16-25(40-20-18-22-12-14-23(15-13-22)30(37)39-4-2)21-26(27)28(29(35)36)33-34-31(38)32-24-10-7-6-8-11-24/h6-8,10-17,21H,3-5,9,18-20H2,1-2H3,(H2,32,34,38)/b33-28-. The lowest BCUT2D eigenvalue weighted by Gasteiger charge is -2.16. The van der Waals surface area contributed by atoms with E-state index >= 15 is 0 Å². The van der Waals surface area contributed by atoms with Gasteiger partial charge >= 0.3 is 12.0 Å². The number of hydrazone groups is 1. The number of unbranched alkanes of at least 4 members (excludes halogenated alkanes) is 2. The number of esters is 1. The molecule has 0 atom stereocenters. The van der Waals surface area contributed by atoms with Crippen LogP contribution in [-0.4, -0.2) is 42.5 Å². The van der Waals surface area contributed by atoms with E-state index in [9.17, 15) is 14.4 Å². The number of thioether (sulfide) groups is 1. The molecule has 8 nitrogen and oxygen atoms in total. The third-order valence-corrected chi connectivity index (χ3v) is 7.37. The van der Waals surface area contributed by atoms with Crippen molar-refractivity contribution in [3.05, 3.63) is 89.5 Å². The van der Waals surface area contributed by atoms with Gasteiger partial charge in [0.25, 0.3) is 5.91 Å². The summed E-state index contributed by atoms with van der Waals surface area (Å²) < 4.78 is 5.04. The van der Waals surface area contributed by atoms with Crippen molar-refractivity contribution in [3.63, 3.8) is 0 Å². The zero-order valence-electron chi connectivity index (χ0n) is 22.8. The highest BCUT2D eigenvalue weighted by atomic mass is 32.2. The Labute approximate surface area is 239 Å². The molecule has 3 aromatic rings. The van der Waals surface area contributed by atoms with Crippen LogP contribution in [0.15, 0.2) is 82.8 Å². The van der Waals surface area contributed by atoms with Gasteiger partial charge in [-0.3, -0.25) is 4.79 Å². The number of carbonyl (C=O) groups excluding carboxylic acids is 3. The summed E-state index contributed by atoms with van der Waals surface area (Å²) in [5.41, 5.74) is 6.54. The largest absolute Gasteiger partial charge is 0.462 e. The molecule has 0 radical (unpaired) electrons. The fourth-order valence-electron chi connectivity index (χ4n) is 4.33. The number of para-hydroxylation sites is 1. The van der Waals surface area contributed by atoms with Gasteiger partial charge in [0.2, 0.25) is 0 Å². The molecule has 0 fully saturated rings. The van der Waals surface area contributed by atoms with Gasteiger partial charge in [-0.2, -0.15) is 5.10 Å². The number of nitrogens with one attached hydrogen (secondary N) is 2. The first-order chi connectivity index (χ1) is 19.5. The number of aryl methyl sites for hydroxylation is 1. The first kappa shape index (κ1) is 28.9. The maximum atomic E-state index is 13.3. The molecule has 1 heterocycles. The van der Waals surface area contributed by atoms with Crippen molar-refractivity contribution < 1.29 is 19.1 Å². The van der Waals surface area contributed by atoms with Gasteiger partial charge in [-0.1, -0.05) is 50.1 Å². The fraction of sp³-hybridized carbons (Fsp3) is 0.290. The second-order valence-corrected chi connectivity index (χ2v) is 10.4.